The lowest BCUT2D eigenvalue weighted by Crippen LogP contribution is -2.14. The highest BCUT2D eigenvalue weighted by molar-refractivity contribution is 5.95. The maximum Gasteiger partial charge on any atom is 0.228 e. The van der Waals surface area contributed by atoms with Gasteiger partial charge in [-0.3, -0.25) is 4.79 Å². The summed E-state index contributed by atoms with van der Waals surface area (Å²) in [7, 11) is 1.65. The third-order valence-corrected chi connectivity index (χ3v) is 4.38. The molecular weight excluding hydrogens is 318 g/mol. The summed E-state index contributed by atoms with van der Waals surface area (Å²) >= 11 is 0. The number of anilines is 1. The van der Waals surface area contributed by atoms with Crippen LogP contribution in [-0.4, -0.2) is 33.2 Å². The van der Waals surface area contributed by atoms with Crippen molar-refractivity contribution in [3.63, 3.8) is 0 Å². The molecule has 3 aromatic rings. The SMILES string of the molecule is COc1cccc([C@@H]2C[C@@H]2C(=O)Nc2cccc(-n3cnnn3)c2)c1. The fraction of sp³-hybridized carbons (Fsp3) is 0.222. The first-order valence-electron chi connectivity index (χ1n) is 8.03. The van der Waals surface area contributed by atoms with Crippen LogP contribution in [0.1, 0.15) is 17.9 Å². The van der Waals surface area contributed by atoms with Crippen molar-refractivity contribution in [3.8, 4) is 11.4 Å². The van der Waals surface area contributed by atoms with Crippen molar-refractivity contribution >= 4 is 11.6 Å². The zero-order chi connectivity index (χ0) is 17.2. The number of hydrogen-bond acceptors (Lipinski definition) is 5. The topological polar surface area (TPSA) is 81.9 Å². The first kappa shape index (κ1) is 15.3. The minimum atomic E-state index is -0.0104. The summed E-state index contributed by atoms with van der Waals surface area (Å²) in [4.78, 5) is 12.5. The molecule has 0 spiro atoms. The number of ether oxygens (including phenoxy) is 1. The Bertz CT molecular complexity index is 894. The van der Waals surface area contributed by atoms with Gasteiger partial charge in [0.1, 0.15) is 12.1 Å². The van der Waals surface area contributed by atoms with Crippen LogP contribution in [0.15, 0.2) is 54.9 Å². The highest BCUT2D eigenvalue weighted by Crippen LogP contribution is 2.48. The number of nitrogens with zero attached hydrogens (tertiary/aromatic N) is 4. The maximum atomic E-state index is 12.5. The number of rotatable bonds is 5. The standard InChI is InChI=1S/C18H17N5O2/c1-25-15-7-2-4-12(8-15)16-10-17(16)18(24)20-13-5-3-6-14(9-13)23-11-19-21-22-23/h2-9,11,16-17H,10H2,1H3,(H,20,24)/t16-,17-/m0/s1. The molecule has 0 saturated heterocycles. The summed E-state index contributed by atoms with van der Waals surface area (Å²) in [5, 5.41) is 14.1. The molecular formula is C18H17N5O2. The number of benzene rings is 2. The number of methoxy groups -OCH3 is 1. The first-order chi connectivity index (χ1) is 12.2. The lowest BCUT2D eigenvalue weighted by molar-refractivity contribution is -0.117. The Hall–Kier alpha value is -3.22. The van der Waals surface area contributed by atoms with Crippen LogP contribution in [-0.2, 0) is 4.79 Å². The largest absolute Gasteiger partial charge is 0.497 e. The van der Waals surface area contributed by atoms with Gasteiger partial charge < -0.3 is 10.1 Å². The smallest absolute Gasteiger partial charge is 0.228 e. The Morgan fingerprint density at radius 3 is 2.92 bits per heavy atom. The van der Waals surface area contributed by atoms with Crippen molar-refractivity contribution in [2.45, 2.75) is 12.3 Å². The summed E-state index contributed by atoms with van der Waals surface area (Å²) < 4.78 is 6.80. The van der Waals surface area contributed by atoms with Gasteiger partial charge in [0.2, 0.25) is 5.91 Å². The highest BCUT2D eigenvalue weighted by Gasteiger charge is 2.44. The van der Waals surface area contributed by atoms with E-state index in [1.165, 1.54) is 6.33 Å². The van der Waals surface area contributed by atoms with E-state index in [9.17, 15) is 4.79 Å². The summed E-state index contributed by atoms with van der Waals surface area (Å²) in [5.74, 6) is 1.08. The number of carbonyl (C=O) groups excluding carboxylic acids is 1. The van der Waals surface area contributed by atoms with Crippen molar-refractivity contribution in [2.24, 2.45) is 5.92 Å². The molecule has 1 saturated carbocycles. The van der Waals surface area contributed by atoms with Gasteiger partial charge in [0.25, 0.3) is 0 Å². The van der Waals surface area contributed by atoms with E-state index in [2.05, 4.69) is 20.8 Å². The van der Waals surface area contributed by atoms with E-state index in [1.807, 2.05) is 48.5 Å². The predicted octanol–water partition coefficient (Wildman–Crippen LogP) is 2.41. The molecule has 7 heteroatoms. The van der Waals surface area contributed by atoms with Crippen LogP contribution >= 0.6 is 0 Å². The lowest BCUT2D eigenvalue weighted by atomic mass is 10.1. The Morgan fingerprint density at radius 1 is 1.24 bits per heavy atom. The average molecular weight is 335 g/mol. The first-order valence-corrected chi connectivity index (χ1v) is 8.03. The molecule has 1 aromatic heterocycles. The second-order valence-electron chi connectivity index (χ2n) is 6.02. The lowest BCUT2D eigenvalue weighted by Gasteiger charge is -2.07. The zero-order valence-electron chi connectivity index (χ0n) is 13.7. The van der Waals surface area contributed by atoms with Crippen LogP contribution < -0.4 is 10.1 Å². The summed E-state index contributed by atoms with van der Waals surface area (Å²) in [5.41, 5.74) is 2.67. The average Bonchev–Trinajstić information content (AvgIpc) is 3.27. The third kappa shape index (κ3) is 3.21. The van der Waals surface area contributed by atoms with Gasteiger partial charge in [0.15, 0.2) is 0 Å². The Morgan fingerprint density at radius 2 is 2.12 bits per heavy atom. The molecule has 1 aliphatic rings. The normalized spacial score (nSPS) is 18.6. The number of hydrogen-bond donors (Lipinski definition) is 1. The minimum Gasteiger partial charge on any atom is -0.497 e. The molecule has 4 rings (SSSR count). The van der Waals surface area contributed by atoms with Gasteiger partial charge in [-0.05, 0) is 58.7 Å². The van der Waals surface area contributed by atoms with Crippen LogP contribution in [0.3, 0.4) is 0 Å². The molecule has 126 valence electrons. The van der Waals surface area contributed by atoms with Gasteiger partial charge in [-0.15, -0.1) is 5.10 Å². The van der Waals surface area contributed by atoms with Gasteiger partial charge in [-0.25, -0.2) is 4.68 Å². The Labute approximate surface area is 144 Å². The van der Waals surface area contributed by atoms with Gasteiger partial charge in [-0.1, -0.05) is 18.2 Å². The van der Waals surface area contributed by atoms with E-state index < -0.39 is 0 Å². The highest BCUT2D eigenvalue weighted by atomic mass is 16.5. The van der Waals surface area contributed by atoms with Crippen molar-refractivity contribution in [2.75, 3.05) is 12.4 Å². The van der Waals surface area contributed by atoms with Gasteiger partial charge in [-0.2, -0.15) is 0 Å². The van der Waals surface area contributed by atoms with Crippen LogP contribution in [0, 0.1) is 5.92 Å². The van der Waals surface area contributed by atoms with Crippen molar-refractivity contribution < 1.29 is 9.53 Å². The van der Waals surface area contributed by atoms with E-state index in [0.29, 0.717) is 0 Å². The molecule has 0 aliphatic heterocycles. The molecule has 0 bridgehead atoms. The molecule has 2 aromatic carbocycles. The predicted molar refractivity (Wildman–Crippen MR) is 91.6 cm³/mol. The molecule has 25 heavy (non-hydrogen) atoms. The Kier molecular flexibility index (Phi) is 3.89. The third-order valence-electron chi connectivity index (χ3n) is 4.38. The number of amides is 1. The maximum absolute atomic E-state index is 12.5. The summed E-state index contributed by atoms with van der Waals surface area (Å²) in [6, 6.07) is 15.3. The number of aromatic nitrogens is 4. The number of nitrogens with one attached hydrogen (secondary N) is 1. The summed E-state index contributed by atoms with van der Waals surface area (Å²) in [6.07, 6.45) is 2.37. The molecule has 1 fully saturated rings. The molecule has 1 N–H and O–H groups in total. The van der Waals surface area contributed by atoms with Crippen LogP contribution in [0.25, 0.3) is 5.69 Å². The molecule has 1 amide bonds. The van der Waals surface area contributed by atoms with Crippen molar-refractivity contribution in [1.29, 1.82) is 0 Å². The van der Waals surface area contributed by atoms with Crippen LogP contribution in [0.4, 0.5) is 5.69 Å². The van der Waals surface area contributed by atoms with Gasteiger partial charge in [0, 0.05) is 11.6 Å². The molecule has 1 aliphatic carbocycles. The fourth-order valence-corrected chi connectivity index (χ4v) is 2.97. The quantitative estimate of drug-likeness (QED) is 0.774. The van der Waals surface area contributed by atoms with Gasteiger partial charge >= 0.3 is 0 Å². The molecule has 1 heterocycles. The van der Waals surface area contributed by atoms with E-state index in [4.69, 9.17) is 4.74 Å². The monoisotopic (exact) mass is 335 g/mol. The van der Waals surface area contributed by atoms with E-state index in [0.717, 1.165) is 29.1 Å². The van der Waals surface area contributed by atoms with E-state index >= 15 is 0 Å². The number of carbonyl (C=O) groups is 1. The molecule has 0 radical (unpaired) electrons. The van der Waals surface area contributed by atoms with E-state index in [-0.39, 0.29) is 17.7 Å². The molecule has 7 nitrogen and oxygen atoms in total. The summed E-state index contributed by atoms with van der Waals surface area (Å²) in [6.45, 7) is 0. The zero-order valence-corrected chi connectivity index (χ0v) is 13.7. The Balaban J connectivity index is 1.44. The van der Waals surface area contributed by atoms with Crippen LogP contribution in [0.2, 0.25) is 0 Å². The van der Waals surface area contributed by atoms with Crippen molar-refractivity contribution in [3.05, 3.63) is 60.4 Å². The molecule has 2 atom stereocenters. The second-order valence-corrected chi connectivity index (χ2v) is 6.02. The second kappa shape index (κ2) is 6.35. The van der Waals surface area contributed by atoms with E-state index in [1.54, 1.807) is 11.8 Å². The van der Waals surface area contributed by atoms with Crippen molar-refractivity contribution in [1.82, 2.24) is 20.2 Å². The minimum absolute atomic E-state index is 0.0104. The van der Waals surface area contributed by atoms with Crippen LogP contribution in [0.5, 0.6) is 5.75 Å². The van der Waals surface area contributed by atoms with Gasteiger partial charge in [0.05, 0.1) is 12.8 Å². The number of tetrazole rings is 1. The molecule has 0 unspecified atom stereocenters. The fourth-order valence-electron chi connectivity index (χ4n) is 2.97.